The Bertz CT molecular complexity index is 593. The number of hydrogen-bond acceptors (Lipinski definition) is 5. The lowest BCUT2D eigenvalue weighted by molar-refractivity contribution is 1.02. The van der Waals surface area contributed by atoms with E-state index < -0.39 is 0 Å². The van der Waals surface area contributed by atoms with Crippen LogP contribution in [-0.4, -0.2) is 21.5 Å². The maximum atomic E-state index is 6.11. The van der Waals surface area contributed by atoms with Gasteiger partial charge in [0.15, 0.2) is 0 Å². The van der Waals surface area contributed by atoms with Gasteiger partial charge in [0.1, 0.15) is 0 Å². The average molecular weight is 363 g/mol. The van der Waals surface area contributed by atoms with E-state index >= 15 is 0 Å². The van der Waals surface area contributed by atoms with Crippen LogP contribution in [0.4, 0.5) is 17.6 Å². The van der Waals surface area contributed by atoms with E-state index in [2.05, 4.69) is 41.5 Å². The summed E-state index contributed by atoms with van der Waals surface area (Å²) in [7, 11) is 0. The summed E-state index contributed by atoms with van der Waals surface area (Å²) in [6, 6.07) is 5.46. The van der Waals surface area contributed by atoms with Crippen LogP contribution in [0, 0.1) is 0 Å². The topological polar surface area (TPSA) is 62.7 Å². The molecule has 100 valence electrons. The molecule has 0 aliphatic carbocycles. The lowest BCUT2D eigenvalue weighted by atomic mass is 10.3. The van der Waals surface area contributed by atoms with Gasteiger partial charge in [-0.25, -0.2) is 0 Å². The minimum atomic E-state index is 0.113. The molecule has 2 rings (SSSR count). The SMILES string of the molecule is CCNc1nc(Cl)nc(Nc2ccc(Br)cc2Cl)n1. The van der Waals surface area contributed by atoms with Crippen molar-refractivity contribution in [2.45, 2.75) is 6.92 Å². The maximum Gasteiger partial charge on any atom is 0.233 e. The molecule has 0 aliphatic heterocycles. The summed E-state index contributed by atoms with van der Waals surface area (Å²) in [6.07, 6.45) is 0. The quantitative estimate of drug-likeness (QED) is 0.856. The molecule has 1 aromatic heterocycles. The number of aromatic nitrogens is 3. The van der Waals surface area contributed by atoms with Crippen LogP contribution in [0.25, 0.3) is 0 Å². The first-order valence-corrected chi connectivity index (χ1v) is 7.01. The molecule has 0 bridgehead atoms. The van der Waals surface area contributed by atoms with Crippen LogP contribution in [0.1, 0.15) is 6.92 Å². The Labute approximate surface area is 128 Å². The van der Waals surface area contributed by atoms with Crippen molar-refractivity contribution in [3.8, 4) is 0 Å². The third-order valence-electron chi connectivity index (χ3n) is 2.12. The molecule has 2 N–H and O–H groups in total. The standard InChI is InChI=1S/C11H10BrCl2N5/c1-2-15-10-17-9(14)18-11(19-10)16-8-4-3-6(12)5-7(8)13/h3-5H,2H2,1H3,(H2,15,16,17,18,19). The summed E-state index contributed by atoms with van der Waals surface area (Å²) in [5.41, 5.74) is 0.689. The molecule has 1 aromatic carbocycles. The lowest BCUT2D eigenvalue weighted by Crippen LogP contribution is -2.06. The second-order valence-corrected chi connectivity index (χ2v) is 5.19. The first-order valence-electron chi connectivity index (χ1n) is 5.46. The number of hydrogen-bond donors (Lipinski definition) is 2. The molecular weight excluding hydrogens is 353 g/mol. The predicted octanol–water partition coefficient (Wildman–Crippen LogP) is 4.12. The number of benzene rings is 1. The van der Waals surface area contributed by atoms with Crippen LogP contribution in [0.15, 0.2) is 22.7 Å². The molecule has 1 heterocycles. The van der Waals surface area contributed by atoms with Crippen molar-refractivity contribution in [3.63, 3.8) is 0 Å². The molecule has 0 saturated carbocycles. The highest BCUT2D eigenvalue weighted by Crippen LogP contribution is 2.27. The van der Waals surface area contributed by atoms with E-state index in [4.69, 9.17) is 23.2 Å². The van der Waals surface area contributed by atoms with Crippen LogP contribution < -0.4 is 10.6 Å². The highest BCUT2D eigenvalue weighted by atomic mass is 79.9. The van der Waals surface area contributed by atoms with Crippen molar-refractivity contribution in [2.24, 2.45) is 0 Å². The summed E-state index contributed by atoms with van der Waals surface area (Å²) in [5, 5.41) is 6.64. The van der Waals surface area contributed by atoms with E-state index in [1.54, 1.807) is 6.07 Å². The average Bonchev–Trinajstić information content (AvgIpc) is 2.32. The maximum absolute atomic E-state index is 6.11. The van der Waals surface area contributed by atoms with E-state index in [0.29, 0.717) is 29.2 Å². The molecule has 5 nitrogen and oxygen atoms in total. The van der Waals surface area contributed by atoms with Crippen LogP contribution in [0.5, 0.6) is 0 Å². The van der Waals surface area contributed by atoms with E-state index in [1.165, 1.54) is 0 Å². The first-order chi connectivity index (χ1) is 9.08. The number of halogens is 3. The van der Waals surface area contributed by atoms with Crippen molar-refractivity contribution in [1.82, 2.24) is 15.0 Å². The zero-order chi connectivity index (χ0) is 13.8. The summed E-state index contributed by atoms with van der Waals surface area (Å²) in [6.45, 7) is 2.63. The van der Waals surface area contributed by atoms with Gasteiger partial charge in [-0.1, -0.05) is 27.5 Å². The van der Waals surface area contributed by atoms with Gasteiger partial charge in [-0.05, 0) is 36.7 Å². The molecule has 2 aromatic rings. The van der Waals surface area contributed by atoms with Crippen LogP contribution >= 0.6 is 39.1 Å². The third kappa shape index (κ3) is 3.92. The molecule has 19 heavy (non-hydrogen) atoms. The van der Waals surface area contributed by atoms with Gasteiger partial charge in [-0.2, -0.15) is 15.0 Å². The molecule has 0 saturated heterocycles. The summed E-state index contributed by atoms with van der Waals surface area (Å²) >= 11 is 15.3. The molecule has 0 fully saturated rings. The molecule has 8 heteroatoms. The highest BCUT2D eigenvalue weighted by molar-refractivity contribution is 9.10. The Morgan fingerprint density at radius 2 is 1.89 bits per heavy atom. The van der Waals surface area contributed by atoms with Gasteiger partial charge in [0.2, 0.25) is 17.2 Å². The highest BCUT2D eigenvalue weighted by Gasteiger charge is 2.07. The number of nitrogens with one attached hydrogen (secondary N) is 2. The van der Waals surface area contributed by atoms with Gasteiger partial charge in [0, 0.05) is 11.0 Å². The van der Waals surface area contributed by atoms with Gasteiger partial charge in [-0.15, -0.1) is 0 Å². The van der Waals surface area contributed by atoms with Crippen molar-refractivity contribution < 1.29 is 0 Å². The molecule has 0 atom stereocenters. The Morgan fingerprint density at radius 3 is 2.58 bits per heavy atom. The zero-order valence-corrected chi connectivity index (χ0v) is 13.0. The largest absolute Gasteiger partial charge is 0.354 e. The van der Waals surface area contributed by atoms with E-state index in [1.807, 2.05) is 19.1 Å². The monoisotopic (exact) mass is 361 g/mol. The smallest absolute Gasteiger partial charge is 0.233 e. The van der Waals surface area contributed by atoms with Gasteiger partial charge < -0.3 is 10.6 Å². The van der Waals surface area contributed by atoms with Crippen molar-refractivity contribution in [3.05, 3.63) is 33.0 Å². The normalized spacial score (nSPS) is 10.3. The first kappa shape index (κ1) is 14.3. The van der Waals surface area contributed by atoms with E-state index in [-0.39, 0.29) is 5.28 Å². The van der Waals surface area contributed by atoms with E-state index in [0.717, 1.165) is 4.47 Å². The van der Waals surface area contributed by atoms with Crippen LogP contribution in [0.2, 0.25) is 10.3 Å². The van der Waals surface area contributed by atoms with Gasteiger partial charge in [0.05, 0.1) is 10.7 Å². The molecule has 0 unspecified atom stereocenters. The molecular formula is C11H10BrCl2N5. The molecule has 0 radical (unpaired) electrons. The molecule has 0 aliphatic rings. The second-order valence-electron chi connectivity index (χ2n) is 3.53. The summed E-state index contributed by atoms with van der Waals surface area (Å²) in [5.74, 6) is 0.749. The third-order valence-corrected chi connectivity index (χ3v) is 3.10. The fraction of sp³-hybridized carbons (Fsp3) is 0.182. The molecule has 0 amide bonds. The zero-order valence-electron chi connectivity index (χ0n) is 9.91. The van der Waals surface area contributed by atoms with Crippen LogP contribution in [-0.2, 0) is 0 Å². The second kappa shape index (κ2) is 6.36. The van der Waals surface area contributed by atoms with Gasteiger partial charge in [-0.3, -0.25) is 0 Å². The Hall–Kier alpha value is -1.11. The minimum absolute atomic E-state index is 0.113. The van der Waals surface area contributed by atoms with Crippen LogP contribution in [0.3, 0.4) is 0 Å². The summed E-state index contributed by atoms with van der Waals surface area (Å²) < 4.78 is 0.894. The fourth-order valence-electron chi connectivity index (χ4n) is 1.35. The number of anilines is 3. The lowest BCUT2D eigenvalue weighted by Gasteiger charge is -2.08. The number of nitrogens with zero attached hydrogens (tertiary/aromatic N) is 3. The van der Waals surface area contributed by atoms with Crippen molar-refractivity contribution >= 4 is 56.7 Å². The minimum Gasteiger partial charge on any atom is -0.354 e. The fourth-order valence-corrected chi connectivity index (χ4v) is 2.24. The molecule has 0 spiro atoms. The Kier molecular flexibility index (Phi) is 4.79. The Morgan fingerprint density at radius 1 is 1.16 bits per heavy atom. The summed E-state index contributed by atoms with van der Waals surface area (Å²) in [4.78, 5) is 12.1. The Balaban J connectivity index is 2.27. The van der Waals surface area contributed by atoms with Crippen molar-refractivity contribution in [2.75, 3.05) is 17.2 Å². The predicted molar refractivity (Wildman–Crippen MR) is 81.4 cm³/mol. The van der Waals surface area contributed by atoms with Gasteiger partial charge in [0.25, 0.3) is 0 Å². The van der Waals surface area contributed by atoms with Gasteiger partial charge >= 0.3 is 0 Å². The van der Waals surface area contributed by atoms with Crippen molar-refractivity contribution in [1.29, 1.82) is 0 Å². The van der Waals surface area contributed by atoms with E-state index in [9.17, 15) is 0 Å². The number of rotatable bonds is 4.